The predicted octanol–water partition coefficient (Wildman–Crippen LogP) is 2.34. The number of carbonyl (C=O) groups excluding carboxylic acids is 1. The van der Waals surface area contributed by atoms with Gasteiger partial charge in [-0.3, -0.25) is 9.78 Å². The second-order valence-corrected chi connectivity index (χ2v) is 7.33. The Morgan fingerprint density at radius 3 is 2.42 bits per heavy atom. The van der Waals surface area contributed by atoms with Crippen LogP contribution >= 0.6 is 15.9 Å². The van der Waals surface area contributed by atoms with Gasteiger partial charge >= 0.3 is 0 Å². The lowest BCUT2D eigenvalue weighted by Crippen LogP contribution is -2.76. The SMILES string of the molecule is CC1(C)C(N)C(C)(C)C1NC(=O)c1cncc(Br)c1. The summed E-state index contributed by atoms with van der Waals surface area (Å²) < 4.78 is 0.795. The Hall–Kier alpha value is -0.940. The fraction of sp³-hybridized carbons (Fsp3) is 0.571. The van der Waals surface area contributed by atoms with Gasteiger partial charge in [0.05, 0.1) is 5.56 Å². The van der Waals surface area contributed by atoms with Crippen molar-refractivity contribution in [1.82, 2.24) is 10.3 Å². The molecule has 19 heavy (non-hydrogen) atoms. The number of halogens is 1. The average molecular weight is 326 g/mol. The molecule has 1 aromatic rings. The van der Waals surface area contributed by atoms with Crippen molar-refractivity contribution in [2.24, 2.45) is 16.6 Å². The highest BCUT2D eigenvalue weighted by Gasteiger charge is 2.60. The molecule has 0 aromatic carbocycles. The van der Waals surface area contributed by atoms with Crippen LogP contribution in [0.4, 0.5) is 0 Å². The number of rotatable bonds is 2. The van der Waals surface area contributed by atoms with Crippen molar-refractivity contribution in [2.45, 2.75) is 39.8 Å². The second kappa shape index (κ2) is 4.56. The van der Waals surface area contributed by atoms with Gasteiger partial charge in [0.15, 0.2) is 0 Å². The smallest absolute Gasteiger partial charge is 0.253 e. The van der Waals surface area contributed by atoms with Crippen LogP contribution in [0, 0.1) is 10.8 Å². The third-order valence-corrected chi connectivity index (χ3v) is 4.77. The quantitative estimate of drug-likeness (QED) is 0.876. The van der Waals surface area contributed by atoms with Crippen LogP contribution in [0.5, 0.6) is 0 Å². The molecule has 0 radical (unpaired) electrons. The summed E-state index contributed by atoms with van der Waals surface area (Å²) in [5.41, 5.74) is 6.55. The first-order valence-corrected chi connectivity index (χ1v) is 7.13. The summed E-state index contributed by atoms with van der Waals surface area (Å²) in [4.78, 5) is 16.3. The third kappa shape index (κ3) is 2.30. The summed E-state index contributed by atoms with van der Waals surface area (Å²) in [5, 5.41) is 3.09. The van der Waals surface area contributed by atoms with Crippen molar-refractivity contribution in [3.05, 3.63) is 28.5 Å². The minimum atomic E-state index is -0.105. The lowest BCUT2D eigenvalue weighted by Gasteiger charge is -2.62. The zero-order valence-electron chi connectivity index (χ0n) is 11.7. The molecule has 1 heterocycles. The molecule has 3 N–H and O–H groups in total. The molecule has 2 rings (SSSR count). The first kappa shape index (κ1) is 14.5. The molecule has 1 amide bonds. The molecule has 0 aliphatic heterocycles. The topological polar surface area (TPSA) is 68.0 Å². The summed E-state index contributed by atoms with van der Waals surface area (Å²) in [6.07, 6.45) is 3.22. The summed E-state index contributed by atoms with van der Waals surface area (Å²) >= 11 is 3.32. The molecule has 0 atom stereocenters. The molecule has 0 bridgehead atoms. The Morgan fingerprint density at radius 1 is 1.32 bits per heavy atom. The van der Waals surface area contributed by atoms with E-state index in [1.165, 1.54) is 0 Å². The van der Waals surface area contributed by atoms with E-state index in [9.17, 15) is 4.79 Å². The highest BCUT2D eigenvalue weighted by atomic mass is 79.9. The molecule has 5 heteroatoms. The Kier molecular flexibility index (Phi) is 3.47. The lowest BCUT2D eigenvalue weighted by molar-refractivity contribution is -0.0663. The number of nitrogens with one attached hydrogen (secondary N) is 1. The number of pyridine rings is 1. The van der Waals surface area contributed by atoms with E-state index in [0.29, 0.717) is 5.56 Å². The van der Waals surface area contributed by atoms with E-state index in [-0.39, 0.29) is 28.8 Å². The highest BCUT2D eigenvalue weighted by molar-refractivity contribution is 9.10. The van der Waals surface area contributed by atoms with E-state index in [0.717, 1.165) is 4.47 Å². The van der Waals surface area contributed by atoms with Crippen molar-refractivity contribution in [3.8, 4) is 0 Å². The maximum atomic E-state index is 12.3. The van der Waals surface area contributed by atoms with Crippen molar-refractivity contribution >= 4 is 21.8 Å². The van der Waals surface area contributed by atoms with E-state index in [4.69, 9.17) is 5.73 Å². The van der Waals surface area contributed by atoms with Crippen LogP contribution in [-0.2, 0) is 0 Å². The van der Waals surface area contributed by atoms with E-state index in [1.54, 1.807) is 18.5 Å². The fourth-order valence-electron chi connectivity index (χ4n) is 3.30. The van der Waals surface area contributed by atoms with Gasteiger partial charge in [0.1, 0.15) is 0 Å². The predicted molar refractivity (Wildman–Crippen MR) is 78.7 cm³/mol. The maximum absolute atomic E-state index is 12.3. The van der Waals surface area contributed by atoms with Gasteiger partial charge < -0.3 is 11.1 Å². The number of nitrogens with zero attached hydrogens (tertiary/aromatic N) is 1. The van der Waals surface area contributed by atoms with Crippen LogP contribution in [0.2, 0.25) is 0 Å². The van der Waals surface area contributed by atoms with Crippen molar-refractivity contribution in [2.75, 3.05) is 0 Å². The molecule has 0 saturated heterocycles. The largest absolute Gasteiger partial charge is 0.348 e. The molecule has 4 nitrogen and oxygen atoms in total. The third-order valence-electron chi connectivity index (χ3n) is 4.33. The number of carbonyl (C=O) groups is 1. The molecule has 1 aliphatic carbocycles. The van der Waals surface area contributed by atoms with Gasteiger partial charge in [0, 0.05) is 39.8 Å². The van der Waals surface area contributed by atoms with E-state index in [2.05, 4.69) is 53.9 Å². The van der Waals surface area contributed by atoms with Gasteiger partial charge in [0.2, 0.25) is 0 Å². The van der Waals surface area contributed by atoms with Gasteiger partial charge in [-0.15, -0.1) is 0 Å². The molecule has 1 aliphatic rings. The maximum Gasteiger partial charge on any atom is 0.253 e. The number of amides is 1. The minimum absolute atomic E-state index is 0.0569. The summed E-state index contributed by atoms with van der Waals surface area (Å²) in [6, 6.07) is 1.90. The van der Waals surface area contributed by atoms with E-state index in [1.807, 2.05) is 0 Å². The van der Waals surface area contributed by atoms with Crippen LogP contribution in [0.1, 0.15) is 38.1 Å². The first-order chi connectivity index (χ1) is 8.67. The zero-order chi connectivity index (χ0) is 14.4. The van der Waals surface area contributed by atoms with Crippen LogP contribution in [0.15, 0.2) is 22.9 Å². The Bertz CT molecular complexity index is 497. The normalized spacial score (nSPS) is 27.5. The standard InChI is InChI=1S/C14H20BrN3O/c1-13(2)11(16)14(3,4)12(13)18-10(19)8-5-9(15)7-17-6-8/h5-7,11-12H,16H2,1-4H3,(H,18,19). The van der Waals surface area contributed by atoms with Crippen molar-refractivity contribution in [1.29, 1.82) is 0 Å². The van der Waals surface area contributed by atoms with E-state index < -0.39 is 0 Å². The van der Waals surface area contributed by atoms with Crippen LogP contribution in [-0.4, -0.2) is 23.0 Å². The molecule has 0 unspecified atom stereocenters. The van der Waals surface area contributed by atoms with Crippen molar-refractivity contribution < 1.29 is 4.79 Å². The fourth-order valence-corrected chi connectivity index (χ4v) is 3.67. The van der Waals surface area contributed by atoms with Crippen LogP contribution < -0.4 is 11.1 Å². The zero-order valence-corrected chi connectivity index (χ0v) is 13.3. The summed E-state index contributed by atoms with van der Waals surface area (Å²) in [7, 11) is 0. The molecule has 1 fully saturated rings. The number of hydrogen-bond donors (Lipinski definition) is 2. The van der Waals surface area contributed by atoms with Gasteiger partial charge in [-0.1, -0.05) is 27.7 Å². The summed E-state index contributed by atoms with van der Waals surface area (Å²) in [6.45, 7) is 8.36. The number of aromatic nitrogens is 1. The van der Waals surface area contributed by atoms with Gasteiger partial charge in [0.25, 0.3) is 5.91 Å². The number of hydrogen-bond acceptors (Lipinski definition) is 3. The Labute approximate surface area is 122 Å². The Morgan fingerprint density at radius 2 is 1.89 bits per heavy atom. The second-order valence-electron chi connectivity index (χ2n) is 6.42. The average Bonchev–Trinajstić information content (AvgIpc) is 2.34. The van der Waals surface area contributed by atoms with E-state index >= 15 is 0 Å². The van der Waals surface area contributed by atoms with Crippen LogP contribution in [0.25, 0.3) is 0 Å². The molecule has 104 valence electrons. The van der Waals surface area contributed by atoms with Gasteiger partial charge in [-0.25, -0.2) is 0 Å². The van der Waals surface area contributed by atoms with Gasteiger partial charge in [-0.2, -0.15) is 0 Å². The minimum Gasteiger partial charge on any atom is -0.348 e. The van der Waals surface area contributed by atoms with Crippen molar-refractivity contribution in [3.63, 3.8) is 0 Å². The first-order valence-electron chi connectivity index (χ1n) is 6.34. The molecule has 0 spiro atoms. The van der Waals surface area contributed by atoms with Crippen LogP contribution in [0.3, 0.4) is 0 Å². The number of nitrogens with two attached hydrogens (primary N) is 1. The van der Waals surface area contributed by atoms with Gasteiger partial charge in [-0.05, 0) is 22.0 Å². The Balaban J connectivity index is 2.16. The monoisotopic (exact) mass is 325 g/mol. The lowest BCUT2D eigenvalue weighted by atomic mass is 9.48. The highest BCUT2D eigenvalue weighted by Crippen LogP contribution is 2.52. The molecule has 1 aromatic heterocycles. The summed E-state index contributed by atoms with van der Waals surface area (Å²) in [5.74, 6) is -0.105. The molecule has 1 saturated carbocycles. The molecular formula is C14H20BrN3O. The molecular weight excluding hydrogens is 306 g/mol.